The van der Waals surface area contributed by atoms with Crippen molar-refractivity contribution in [2.75, 3.05) is 10.7 Å². The van der Waals surface area contributed by atoms with Gasteiger partial charge in [0.2, 0.25) is 11.6 Å². The van der Waals surface area contributed by atoms with Crippen molar-refractivity contribution in [1.29, 1.82) is 0 Å². The van der Waals surface area contributed by atoms with Gasteiger partial charge in [-0.05, 0) is 20.8 Å². The van der Waals surface area contributed by atoms with Crippen LogP contribution in [0, 0.1) is 10.1 Å². The topological polar surface area (TPSA) is 119 Å². The molecule has 8 nitrogen and oxygen atoms in total. The quantitative estimate of drug-likeness (QED) is 0.397. The van der Waals surface area contributed by atoms with E-state index in [0.29, 0.717) is 0 Å². The zero-order valence-electron chi connectivity index (χ0n) is 9.31. The van der Waals surface area contributed by atoms with Crippen molar-refractivity contribution in [3.63, 3.8) is 0 Å². The van der Waals surface area contributed by atoms with Crippen molar-refractivity contribution in [2.45, 2.75) is 26.3 Å². The average molecular weight is 226 g/mol. The summed E-state index contributed by atoms with van der Waals surface area (Å²) in [5.41, 5.74) is 1.56. The van der Waals surface area contributed by atoms with Crippen LogP contribution in [-0.2, 0) is 0 Å². The molecule has 4 N–H and O–H groups in total. The van der Waals surface area contributed by atoms with Gasteiger partial charge in [0, 0.05) is 5.54 Å². The van der Waals surface area contributed by atoms with E-state index in [1.54, 1.807) is 0 Å². The van der Waals surface area contributed by atoms with Gasteiger partial charge in [0.25, 0.3) is 0 Å². The second kappa shape index (κ2) is 4.27. The molecule has 1 heterocycles. The molecule has 0 saturated carbocycles. The molecular formula is C8H14N6O2. The maximum Gasteiger partial charge on any atom is 0.354 e. The highest BCUT2D eigenvalue weighted by Crippen LogP contribution is 2.29. The summed E-state index contributed by atoms with van der Waals surface area (Å²) in [6, 6.07) is 0. The second-order valence-corrected chi connectivity index (χ2v) is 4.20. The number of anilines is 2. The van der Waals surface area contributed by atoms with Crippen LogP contribution in [0.1, 0.15) is 20.8 Å². The van der Waals surface area contributed by atoms with E-state index in [1.165, 1.54) is 6.33 Å². The summed E-state index contributed by atoms with van der Waals surface area (Å²) in [6.07, 6.45) is 1.20. The number of nitrogens with one attached hydrogen (secondary N) is 2. The molecule has 1 aromatic rings. The van der Waals surface area contributed by atoms with Crippen molar-refractivity contribution >= 4 is 17.3 Å². The predicted octanol–water partition coefficient (Wildman–Crippen LogP) is 0.881. The molecule has 0 aliphatic heterocycles. The first kappa shape index (κ1) is 12.1. The van der Waals surface area contributed by atoms with Crippen molar-refractivity contribution in [1.82, 2.24) is 9.97 Å². The number of nitro groups is 1. The summed E-state index contributed by atoms with van der Waals surface area (Å²) in [4.78, 5) is 17.8. The van der Waals surface area contributed by atoms with Crippen molar-refractivity contribution in [3.8, 4) is 0 Å². The molecule has 0 unspecified atom stereocenters. The average Bonchev–Trinajstić information content (AvgIpc) is 2.14. The Kier molecular flexibility index (Phi) is 3.23. The minimum atomic E-state index is -0.580. The minimum absolute atomic E-state index is 0.0215. The number of rotatable bonds is 3. The third kappa shape index (κ3) is 2.76. The van der Waals surface area contributed by atoms with Crippen LogP contribution in [0.2, 0.25) is 0 Å². The normalized spacial score (nSPS) is 11.0. The molecule has 0 radical (unpaired) electrons. The van der Waals surface area contributed by atoms with Crippen LogP contribution in [-0.4, -0.2) is 20.4 Å². The Morgan fingerprint density at radius 2 is 1.94 bits per heavy atom. The van der Waals surface area contributed by atoms with Crippen LogP contribution in [0.5, 0.6) is 0 Å². The number of hydrogen-bond donors (Lipinski definition) is 3. The van der Waals surface area contributed by atoms with Gasteiger partial charge in [-0.2, -0.15) is 0 Å². The Morgan fingerprint density at radius 3 is 2.38 bits per heavy atom. The standard InChI is InChI=1S/C8H14N6O2/c1-8(2,3)12-6-5(14(15)16)7(13-9)11-4-10-6/h4H,9H2,1-3H3,(H2,10,11,12,13). The van der Waals surface area contributed by atoms with E-state index >= 15 is 0 Å². The van der Waals surface area contributed by atoms with E-state index in [4.69, 9.17) is 5.84 Å². The number of nitrogen functional groups attached to an aromatic ring is 1. The Hall–Kier alpha value is -1.96. The first-order valence-electron chi connectivity index (χ1n) is 4.59. The van der Waals surface area contributed by atoms with Gasteiger partial charge in [-0.25, -0.2) is 15.8 Å². The molecule has 88 valence electrons. The van der Waals surface area contributed by atoms with Gasteiger partial charge in [-0.1, -0.05) is 0 Å². The van der Waals surface area contributed by atoms with Crippen molar-refractivity contribution in [2.24, 2.45) is 5.84 Å². The molecule has 1 rings (SSSR count). The fourth-order valence-electron chi connectivity index (χ4n) is 1.10. The molecule has 0 aliphatic rings. The number of nitrogens with two attached hydrogens (primary N) is 1. The second-order valence-electron chi connectivity index (χ2n) is 4.20. The van der Waals surface area contributed by atoms with E-state index in [0.717, 1.165) is 0 Å². The Balaban J connectivity index is 3.22. The molecule has 0 saturated heterocycles. The van der Waals surface area contributed by atoms with Crippen LogP contribution in [0.4, 0.5) is 17.3 Å². The molecule has 8 heteroatoms. The highest BCUT2D eigenvalue weighted by molar-refractivity contribution is 5.69. The molecule has 0 atom stereocenters. The predicted molar refractivity (Wildman–Crippen MR) is 59.9 cm³/mol. The number of aromatic nitrogens is 2. The van der Waals surface area contributed by atoms with Crippen molar-refractivity contribution < 1.29 is 4.92 Å². The van der Waals surface area contributed by atoms with E-state index in [9.17, 15) is 10.1 Å². The SMILES string of the molecule is CC(C)(C)Nc1ncnc(NN)c1[N+](=O)[O-]. The van der Waals surface area contributed by atoms with Crippen molar-refractivity contribution in [3.05, 3.63) is 16.4 Å². The molecule has 1 aromatic heterocycles. The molecular weight excluding hydrogens is 212 g/mol. The van der Waals surface area contributed by atoms with Gasteiger partial charge in [-0.15, -0.1) is 0 Å². The Morgan fingerprint density at radius 1 is 1.38 bits per heavy atom. The van der Waals surface area contributed by atoms with Gasteiger partial charge in [-0.3, -0.25) is 10.1 Å². The van der Waals surface area contributed by atoms with E-state index in [1.807, 2.05) is 20.8 Å². The first-order valence-corrected chi connectivity index (χ1v) is 4.59. The molecule has 0 spiro atoms. The lowest BCUT2D eigenvalue weighted by Gasteiger charge is -2.21. The van der Waals surface area contributed by atoms with E-state index in [2.05, 4.69) is 20.7 Å². The zero-order valence-corrected chi connectivity index (χ0v) is 9.31. The summed E-state index contributed by atoms with van der Waals surface area (Å²) in [5.74, 6) is 5.27. The van der Waals surface area contributed by atoms with Crippen LogP contribution < -0.4 is 16.6 Å². The molecule has 0 fully saturated rings. The summed E-state index contributed by atoms with van der Waals surface area (Å²) < 4.78 is 0. The van der Waals surface area contributed by atoms with Gasteiger partial charge >= 0.3 is 5.69 Å². The summed E-state index contributed by atoms with van der Waals surface area (Å²) in [7, 11) is 0. The van der Waals surface area contributed by atoms with Gasteiger partial charge in [0.1, 0.15) is 6.33 Å². The number of nitrogens with zero attached hydrogens (tertiary/aromatic N) is 3. The fraction of sp³-hybridized carbons (Fsp3) is 0.500. The largest absolute Gasteiger partial charge is 0.360 e. The minimum Gasteiger partial charge on any atom is -0.360 e. The van der Waals surface area contributed by atoms with E-state index in [-0.39, 0.29) is 22.9 Å². The van der Waals surface area contributed by atoms with Crippen LogP contribution in [0.3, 0.4) is 0 Å². The third-order valence-electron chi connectivity index (χ3n) is 1.63. The maximum absolute atomic E-state index is 10.9. The summed E-state index contributed by atoms with van der Waals surface area (Å²) in [5, 5.41) is 13.8. The van der Waals surface area contributed by atoms with Crippen LogP contribution >= 0.6 is 0 Å². The number of hydrogen-bond acceptors (Lipinski definition) is 7. The highest BCUT2D eigenvalue weighted by atomic mass is 16.6. The lowest BCUT2D eigenvalue weighted by atomic mass is 10.1. The zero-order chi connectivity index (χ0) is 12.3. The highest BCUT2D eigenvalue weighted by Gasteiger charge is 2.25. The number of hydrazine groups is 1. The lowest BCUT2D eigenvalue weighted by Crippen LogP contribution is -2.27. The van der Waals surface area contributed by atoms with E-state index < -0.39 is 4.92 Å². The summed E-state index contributed by atoms with van der Waals surface area (Å²) in [6.45, 7) is 5.61. The van der Waals surface area contributed by atoms with Gasteiger partial charge < -0.3 is 10.7 Å². The lowest BCUT2D eigenvalue weighted by molar-refractivity contribution is -0.383. The first-order chi connectivity index (χ1) is 7.35. The molecule has 0 aromatic carbocycles. The molecule has 16 heavy (non-hydrogen) atoms. The molecule has 0 bridgehead atoms. The Bertz CT molecular complexity index is 400. The van der Waals surface area contributed by atoms with Gasteiger partial charge in [0.15, 0.2) is 0 Å². The summed E-state index contributed by atoms with van der Waals surface area (Å²) >= 11 is 0. The fourth-order valence-corrected chi connectivity index (χ4v) is 1.10. The van der Waals surface area contributed by atoms with Crippen LogP contribution in [0.25, 0.3) is 0 Å². The molecule has 0 aliphatic carbocycles. The Labute approximate surface area is 92.4 Å². The smallest absolute Gasteiger partial charge is 0.354 e. The van der Waals surface area contributed by atoms with Gasteiger partial charge in [0.05, 0.1) is 4.92 Å². The maximum atomic E-state index is 10.9. The monoisotopic (exact) mass is 226 g/mol. The van der Waals surface area contributed by atoms with Crippen LogP contribution in [0.15, 0.2) is 6.33 Å². The molecule has 0 amide bonds. The third-order valence-corrected chi connectivity index (χ3v) is 1.63.